The number of carbonyl (C=O) groups is 2. The van der Waals surface area contributed by atoms with Gasteiger partial charge in [0.2, 0.25) is 5.91 Å². The summed E-state index contributed by atoms with van der Waals surface area (Å²) in [5.41, 5.74) is 2.52. The van der Waals surface area contributed by atoms with Gasteiger partial charge >= 0.3 is 0 Å². The molecule has 3 aromatic rings. The minimum atomic E-state index is -0.572. The minimum absolute atomic E-state index is 0.0952. The number of rotatable bonds is 6. The number of aromatic nitrogens is 1. The zero-order chi connectivity index (χ0) is 19.7. The summed E-state index contributed by atoms with van der Waals surface area (Å²) in [6.45, 7) is 0.547. The van der Waals surface area contributed by atoms with Crippen molar-refractivity contribution in [2.75, 3.05) is 18.6 Å². The topological polar surface area (TPSA) is 74.4 Å². The molecule has 0 aliphatic carbocycles. The first-order chi connectivity index (χ1) is 13.6. The third-order valence-corrected chi connectivity index (χ3v) is 4.99. The van der Waals surface area contributed by atoms with Crippen LogP contribution in [0.2, 0.25) is 0 Å². The lowest BCUT2D eigenvalue weighted by Gasteiger charge is -2.15. The van der Waals surface area contributed by atoms with Crippen LogP contribution in [0.1, 0.15) is 12.0 Å². The Hall–Kier alpha value is -3.19. The first-order valence-electron chi connectivity index (χ1n) is 9.06. The van der Waals surface area contributed by atoms with Gasteiger partial charge in [-0.25, -0.2) is 9.29 Å². The normalized spacial score (nSPS) is 16.9. The van der Waals surface area contributed by atoms with Gasteiger partial charge in [0.1, 0.15) is 11.6 Å². The van der Waals surface area contributed by atoms with Crippen LogP contribution in [0.15, 0.2) is 48.7 Å². The lowest BCUT2D eigenvalue weighted by molar-refractivity contribution is -0.121. The number of ether oxygens (including phenoxy) is 1. The smallest absolute Gasteiger partial charge is 0.251 e. The third kappa shape index (κ3) is 3.36. The molecule has 1 saturated heterocycles. The van der Waals surface area contributed by atoms with Crippen LogP contribution < -0.4 is 15.0 Å². The highest BCUT2D eigenvalue weighted by atomic mass is 19.1. The van der Waals surface area contributed by atoms with Crippen molar-refractivity contribution in [1.82, 2.24) is 10.3 Å². The van der Waals surface area contributed by atoms with E-state index in [4.69, 9.17) is 4.74 Å². The molecule has 1 fully saturated rings. The number of nitrogens with one attached hydrogen (secondary N) is 2. The van der Waals surface area contributed by atoms with Crippen LogP contribution in [0, 0.1) is 5.82 Å². The molecular formula is C21H20FN3O3. The molecule has 2 aromatic carbocycles. The molecule has 6 nitrogen and oxygen atoms in total. The van der Waals surface area contributed by atoms with Gasteiger partial charge in [0, 0.05) is 23.6 Å². The van der Waals surface area contributed by atoms with E-state index in [1.165, 1.54) is 24.3 Å². The predicted molar refractivity (Wildman–Crippen MR) is 104 cm³/mol. The lowest BCUT2D eigenvalue weighted by atomic mass is 10.1. The Morgan fingerprint density at radius 2 is 2.00 bits per heavy atom. The van der Waals surface area contributed by atoms with Crippen LogP contribution in [0.4, 0.5) is 10.1 Å². The molecule has 144 valence electrons. The summed E-state index contributed by atoms with van der Waals surface area (Å²) in [5.74, 6) is -0.219. The van der Waals surface area contributed by atoms with Crippen molar-refractivity contribution in [2.45, 2.75) is 18.9 Å². The molecule has 0 bridgehead atoms. The standard InChI is InChI=1S/C21H20FN3O3/c1-28-16-6-7-18-17(10-16)13(12-24-18)8-9-23-19-11-20(26)25(21(19)27)15-4-2-14(22)3-5-15/h2-7,10,12,19,23-24H,8-9,11H2,1H3/t19-/m0/s1. The van der Waals surface area contributed by atoms with E-state index in [0.29, 0.717) is 18.7 Å². The number of nitrogens with zero attached hydrogens (tertiary/aromatic N) is 1. The fourth-order valence-electron chi connectivity index (χ4n) is 3.53. The molecule has 0 unspecified atom stereocenters. The summed E-state index contributed by atoms with van der Waals surface area (Å²) in [6.07, 6.45) is 2.73. The van der Waals surface area contributed by atoms with Gasteiger partial charge in [0.05, 0.1) is 25.3 Å². The number of halogens is 1. The number of anilines is 1. The van der Waals surface area contributed by atoms with Crippen molar-refractivity contribution in [3.8, 4) is 5.75 Å². The van der Waals surface area contributed by atoms with Gasteiger partial charge in [-0.1, -0.05) is 0 Å². The fraction of sp³-hybridized carbons (Fsp3) is 0.238. The molecule has 2 amide bonds. The Morgan fingerprint density at radius 3 is 2.75 bits per heavy atom. The molecule has 0 radical (unpaired) electrons. The number of amides is 2. The third-order valence-electron chi connectivity index (χ3n) is 4.99. The largest absolute Gasteiger partial charge is 0.497 e. The summed E-state index contributed by atoms with van der Waals surface area (Å²) >= 11 is 0. The number of aromatic amines is 1. The zero-order valence-electron chi connectivity index (χ0n) is 15.4. The quantitative estimate of drug-likeness (QED) is 0.644. The monoisotopic (exact) mass is 381 g/mol. The number of H-pyrrole nitrogens is 1. The van der Waals surface area contributed by atoms with Gasteiger partial charge in [0.25, 0.3) is 5.91 Å². The number of methoxy groups -OCH3 is 1. The molecule has 28 heavy (non-hydrogen) atoms. The molecule has 2 heterocycles. The molecule has 4 rings (SSSR count). The fourth-order valence-corrected chi connectivity index (χ4v) is 3.53. The summed E-state index contributed by atoms with van der Waals surface area (Å²) in [5, 5.41) is 4.25. The summed E-state index contributed by atoms with van der Waals surface area (Å²) < 4.78 is 18.4. The van der Waals surface area contributed by atoms with Crippen molar-refractivity contribution < 1.29 is 18.7 Å². The van der Waals surface area contributed by atoms with Gasteiger partial charge < -0.3 is 15.0 Å². The van der Waals surface area contributed by atoms with E-state index in [-0.39, 0.29) is 18.2 Å². The van der Waals surface area contributed by atoms with E-state index in [9.17, 15) is 14.0 Å². The Bertz CT molecular complexity index is 1030. The number of benzene rings is 2. The van der Waals surface area contributed by atoms with E-state index >= 15 is 0 Å². The van der Waals surface area contributed by atoms with E-state index in [2.05, 4.69) is 10.3 Å². The Morgan fingerprint density at radius 1 is 1.21 bits per heavy atom. The highest BCUT2D eigenvalue weighted by molar-refractivity contribution is 6.22. The summed E-state index contributed by atoms with van der Waals surface area (Å²) in [4.78, 5) is 29.2. The predicted octanol–water partition coefficient (Wildman–Crippen LogP) is 2.78. The lowest BCUT2D eigenvalue weighted by Crippen LogP contribution is -2.39. The molecule has 7 heteroatoms. The Kier molecular flexibility index (Phi) is 4.83. The molecular weight excluding hydrogens is 361 g/mol. The van der Waals surface area contributed by atoms with Crippen molar-refractivity contribution >= 4 is 28.4 Å². The van der Waals surface area contributed by atoms with Gasteiger partial charge in [-0.05, 0) is 54.4 Å². The van der Waals surface area contributed by atoms with Gasteiger partial charge in [0.15, 0.2) is 0 Å². The highest BCUT2D eigenvalue weighted by Gasteiger charge is 2.39. The summed E-state index contributed by atoms with van der Waals surface area (Å²) in [7, 11) is 1.63. The molecule has 1 aliphatic heterocycles. The Balaban J connectivity index is 1.41. The SMILES string of the molecule is COc1ccc2[nH]cc(CCN[C@H]3CC(=O)N(c4ccc(F)cc4)C3=O)c2c1. The van der Waals surface area contributed by atoms with E-state index in [1.807, 2.05) is 24.4 Å². The maximum Gasteiger partial charge on any atom is 0.251 e. The van der Waals surface area contributed by atoms with E-state index in [0.717, 1.165) is 27.1 Å². The summed E-state index contributed by atoms with van der Waals surface area (Å²) in [6, 6.07) is 10.6. The maximum absolute atomic E-state index is 13.1. The van der Waals surface area contributed by atoms with Crippen molar-refractivity contribution in [1.29, 1.82) is 0 Å². The minimum Gasteiger partial charge on any atom is -0.497 e. The van der Waals surface area contributed by atoms with E-state index < -0.39 is 11.9 Å². The second-order valence-electron chi connectivity index (χ2n) is 6.73. The molecule has 1 aromatic heterocycles. The van der Waals surface area contributed by atoms with Crippen molar-refractivity contribution in [2.24, 2.45) is 0 Å². The molecule has 0 saturated carbocycles. The van der Waals surface area contributed by atoms with Gasteiger partial charge in [-0.3, -0.25) is 9.59 Å². The number of hydrogen-bond donors (Lipinski definition) is 2. The van der Waals surface area contributed by atoms with Crippen molar-refractivity contribution in [3.63, 3.8) is 0 Å². The molecule has 1 aliphatic rings. The highest BCUT2D eigenvalue weighted by Crippen LogP contribution is 2.25. The van der Waals surface area contributed by atoms with Crippen LogP contribution in [-0.4, -0.2) is 36.5 Å². The van der Waals surface area contributed by atoms with Crippen LogP contribution in [-0.2, 0) is 16.0 Å². The molecule has 0 spiro atoms. The maximum atomic E-state index is 13.1. The molecule has 2 N–H and O–H groups in total. The second kappa shape index (κ2) is 7.44. The average Bonchev–Trinajstić information content (AvgIpc) is 3.23. The first kappa shape index (κ1) is 18.2. The molecule has 1 atom stereocenters. The van der Waals surface area contributed by atoms with Crippen molar-refractivity contribution in [3.05, 3.63) is 60.0 Å². The number of carbonyl (C=O) groups excluding carboxylic acids is 2. The second-order valence-corrected chi connectivity index (χ2v) is 6.73. The van der Waals surface area contributed by atoms with Gasteiger partial charge in [-0.15, -0.1) is 0 Å². The number of hydrogen-bond acceptors (Lipinski definition) is 4. The zero-order valence-corrected chi connectivity index (χ0v) is 15.4. The van der Waals surface area contributed by atoms with E-state index in [1.54, 1.807) is 7.11 Å². The Labute approximate surface area is 161 Å². The average molecular weight is 381 g/mol. The first-order valence-corrected chi connectivity index (χ1v) is 9.06. The van der Waals surface area contributed by atoms with Crippen LogP contribution in [0.3, 0.4) is 0 Å². The van der Waals surface area contributed by atoms with Crippen LogP contribution in [0.25, 0.3) is 10.9 Å². The van der Waals surface area contributed by atoms with Crippen LogP contribution >= 0.6 is 0 Å². The number of imide groups is 1. The van der Waals surface area contributed by atoms with Crippen LogP contribution in [0.5, 0.6) is 5.75 Å². The van der Waals surface area contributed by atoms with Gasteiger partial charge in [-0.2, -0.15) is 0 Å². The number of fused-ring (bicyclic) bond motifs is 1.